The molecule has 9 heteroatoms. The first-order chi connectivity index (χ1) is 14.9. The van der Waals surface area contributed by atoms with Crippen molar-refractivity contribution in [2.24, 2.45) is 0 Å². The van der Waals surface area contributed by atoms with Crippen LogP contribution in [0.25, 0.3) is 6.08 Å². The number of esters is 1. The van der Waals surface area contributed by atoms with Crippen molar-refractivity contribution in [2.45, 2.75) is 13.5 Å². The van der Waals surface area contributed by atoms with Crippen molar-refractivity contribution >= 4 is 50.9 Å². The number of nitrogens with zero attached hydrogens (tertiary/aromatic N) is 1. The van der Waals surface area contributed by atoms with E-state index >= 15 is 0 Å². The van der Waals surface area contributed by atoms with Crippen LogP contribution in [0.15, 0.2) is 51.8 Å². The third kappa shape index (κ3) is 5.89. The maximum absolute atomic E-state index is 12.8. The van der Waals surface area contributed by atoms with Crippen LogP contribution in [-0.4, -0.2) is 42.3 Å². The van der Waals surface area contributed by atoms with E-state index in [9.17, 15) is 14.4 Å². The molecule has 2 amide bonds. The molecule has 31 heavy (non-hydrogen) atoms. The summed E-state index contributed by atoms with van der Waals surface area (Å²) < 4.78 is 16.5. The van der Waals surface area contributed by atoms with Crippen LogP contribution in [0.3, 0.4) is 0 Å². The van der Waals surface area contributed by atoms with Gasteiger partial charge in [0.15, 0.2) is 18.1 Å². The van der Waals surface area contributed by atoms with E-state index < -0.39 is 5.97 Å². The summed E-state index contributed by atoms with van der Waals surface area (Å²) in [5.74, 6) is -0.0464. The van der Waals surface area contributed by atoms with Crippen LogP contribution in [0, 0.1) is 0 Å². The predicted molar refractivity (Wildman–Crippen MR) is 121 cm³/mol. The first kappa shape index (κ1) is 22.9. The van der Waals surface area contributed by atoms with Gasteiger partial charge < -0.3 is 14.2 Å². The number of ether oxygens (including phenoxy) is 3. The Morgan fingerprint density at radius 3 is 2.52 bits per heavy atom. The lowest BCUT2D eigenvalue weighted by Gasteiger charge is -2.13. The van der Waals surface area contributed by atoms with Gasteiger partial charge in [0.05, 0.1) is 25.2 Å². The van der Waals surface area contributed by atoms with E-state index in [2.05, 4.69) is 20.7 Å². The molecule has 0 radical (unpaired) electrons. The molecule has 0 unspecified atom stereocenters. The first-order valence-corrected chi connectivity index (χ1v) is 11.0. The number of benzene rings is 2. The van der Waals surface area contributed by atoms with Gasteiger partial charge in [-0.25, -0.2) is 4.79 Å². The number of hydrogen-bond acceptors (Lipinski definition) is 7. The van der Waals surface area contributed by atoms with Crippen molar-refractivity contribution < 1.29 is 28.6 Å². The van der Waals surface area contributed by atoms with Gasteiger partial charge in [-0.05, 0) is 60.2 Å². The topological polar surface area (TPSA) is 82.1 Å². The lowest BCUT2D eigenvalue weighted by atomic mass is 10.1. The Morgan fingerprint density at radius 1 is 1.10 bits per heavy atom. The molecule has 0 bridgehead atoms. The maximum Gasteiger partial charge on any atom is 0.343 e. The van der Waals surface area contributed by atoms with E-state index in [4.69, 9.17) is 9.47 Å². The van der Waals surface area contributed by atoms with Crippen LogP contribution in [-0.2, 0) is 20.9 Å². The summed E-state index contributed by atoms with van der Waals surface area (Å²) in [6.07, 6.45) is 1.64. The van der Waals surface area contributed by atoms with Crippen molar-refractivity contribution in [1.29, 1.82) is 0 Å². The highest BCUT2D eigenvalue weighted by molar-refractivity contribution is 9.10. The summed E-state index contributed by atoms with van der Waals surface area (Å²) in [4.78, 5) is 38.0. The second-order valence-corrected chi connectivity index (χ2v) is 8.31. The Balaban J connectivity index is 1.77. The third-order valence-electron chi connectivity index (χ3n) is 4.27. The minimum Gasteiger partial charge on any atom is -0.490 e. The van der Waals surface area contributed by atoms with E-state index in [1.54, 1.807) is 24.3 Å². The highest BCUT2D eigenvalue weighted by Crippen LogP contribution is 2.35. The van der Waals surface area contributed by atoms with Crippen LogP contribution >= 0.6 is 27.7 Å². The van der Waals surface area contributed by atoms with Crippen LogP contribution in [0.1, 0.15) is 18.1 Å². The van der Waals surface area contributed by atoms with Crippen LogP contribution < -0.4 is 9.47 Å². The number of rotatable bonds is 8. The summed E-state index contributed by atoms with van der Waals surface area (Å²) in [6, 6.07) is 12.5. The minimum atomic E-state index is -0.508. The fourth-order valence-corrected chi connectivity index (χ4v) is 3.86. The quantitative estimate of drug-likeness (QED) is 0.381. The summed E-state index contributed by atoms with van der Waals surface area (Å²) in [5, 5.41) is -0.317. The maximum atomic E-state index is 12.8. The molecule has 2 aromatic rings. The van der Waals surface area contributed by atoms with Gasteiger partial charge in [-0.3, -0.25) is 14.5 Å². The average molecular weight is 506 g/mol. The van der Waals surface area contributed by atoms with Gasteiger partial charge in [-0.2, -0.15) is 0 Å². The molecule has 0 aliphatic carbocycles. The monoisotopic (exact) mass is 505 g/mol. The zero-order valence-electron chi connectivity index (χ0n) is 16.9. The van der Waals surface area contributed by atoms with Crippen molar-refractivity contribution in [2.75, 3.05) is 20.3 Å². The SMILES string of the molecule is CCOc1cc(/C=C2\SC(=O)N(Cc3ccc(Br)cc3)C2=O)ccc1OCC(=O)OC. The molecule has 3 rings (SSSR count). The zero-order chi connectivity index (χ0) is 22.4. The molecule has 0 spiro atoms. The first-order valence-electron chi connectivity index (χ1n) is 9.37. The Kier molecular flexibility index (Phi) is 7.75. The second kappa shape index (κ2) is 10.5. The van der Waals surface area contributed by atoms with Gasteiger partial charge in [0, 0.05) is 4.47 Å². The molecule has 7 nitrogen and oxygen atoms in total. The third-order valence-corrected chi connectivity index (χ3v) is 5.70. The molecule has 162 valence electrons. The van der Waals surface area contributed by atoms with Gasteiger partial charge in [-0.15, -0.1) is 0 Å². The fraction of sp³-hybridized carbons (Fsp3) is 0.227. The second-order valence-electron chi connectivity index (χ2n) is 6.40. The van der Waals surface area contributed by atoms with E-state index in [-0.39, 0.29) is 24.3 Å². The Bertz CT molecular complexity index is 1020. The number of amides is 2. The van der Waals surface area contributed by atoms with E-state index in [1.165, 1.54) is 12.0 Å². The number of imide groups is 1. The summed E-state index contributed by atoms with van der Waals surface area (Å²) >= 11 is 4.26. The predicted octanol–water partition coefficient (Wildman–Crippen LogP) is 4.64. The van der Waals surface area contributed by atoms with Crippen molar-refractivity contribution in [3.63, 3.8) is 0 Å². The van der Waals surface area contributed by atoms with Gasteiger partial charge in [-0.1, -0.05) is 34.1 Å². The zero-order valence-corrected chi connectivity index (χ0v) is 19.3. The van der Waals surface area contributed by atoms with Crippen molar-refractivity contribution in [1.82, 2.24) is 4.90 Å². The number of methoxy groups -OCH3 is 1. The van der Waals surface area contributed by atoms with E-state index in [0.717, 1.165) is 21.8 Å². The molecule has 1 aliphatic heterocycles. The summed E-state index contributed by atoms with van der Waals surface area (Å²) in [6.45, 7) is 2.18. The molecule has 1 heterocycles. The molecule has 0 N–H and O–H groups in total. The van der Waals surface area contributed by atoms with Crippen molar-refractivity contribution in [3.05, 3.63) is 63.0 Å². The molecular formula is C22H20BrNO6S. The molecule has 2 aromatic carbocycles. The van der Waals surface area contributed by atoms with Crippen LogP contribution in [0.4, 0.5) is 4.79 Å². The number of halogens is 1. The van der Waals surface area contributed by atoms with Gasteiger partial charge in [0.1, 0.15) is 0 Å². The van der Waals surface area contributed by atoms with Gasteiger partial charge in [0.25, 0.3) is 11.1 Å². The highest BCUT2D eigenvalue weighted by Gasteiger charge is 2.35. The fourth-order valence-electron chi connectivity index (χ4n) is 2.76. The van der Waals surface area contributed by atoms with E-state index in [0.29, 0.717) is 28.6 Å². The Hall–Kier alpha value is -2.78. The van der Waals surface area contributed by atoms with Crippen molar-refractivity contribution in [3.8, 4) is 11.5 Å². The molecule has 0 atom stereocenters. The normalized spacial score (nSPS) is 14.8. The molecule has 1 saturated heterocycles. The minimum absolute atomic E-state index is 0.208. The average Bonchev–Trinajstić information content (AvgIpc) is 3.02. The smallest absolute Gasteiger partial charge is 0.343 e. The number of carbonyl (C=O) groups excluding carboxylic acids is 3. The number of thioether (sulfide) groups is 1. The Labute approximate surface area is 192 Å². The lowest BCUT2D eigenvalue weighted by molar-refractivity contribution is -0.142. The summed E-state index contributed by atoms with van der Waals surface area (Å²) in [7, 11) is 1.28. The highest BCUT2D eigenvalue weighted by atomic mass is 79.9. The molecule has 0 saturated carbocycles. The van der Waals surface area contributed by atoms with Crippen LogP contribution in [0.5, 0.6) is 11.5 Å². The Morgan fingerprint density at radius 2 is 1.84 bits per heavy atom. The van der Waals surface area contributed by atoms with Gasteiger partial charge in [0.2, 0.25) is 0 Å². The van der Waals surface area contributed by atoms with Gasteiger partial charge >= 0.3 is 5.97 Å². The molecule has 0 aromatic heterocycles. The lowest BCUT2D eigenvalue weighted by Crippen LogP contribution is -2.27. The molecule has 1 aliphatic rings. The van der Waals surface area contributed by atoms with Crippen LogP contribution in [0.2, 0.25) is 0 Å². The molecular weight excluding hydrogens is 486 g/mol. The number of carbonyl (C=O) groups is 3. The standard InChI is InChI=1S/C22H20BrNO6S/c1-3-29-18-10-15(6-9-17(18)30-13-20(25)28-2)11-19-21(26)24(22(27)31-19)12-14-4-7-16(23)8-5-14/h4-11H,3,12-13H2,1-2H3/b19-11-. The largest absolute Gasteiger partial charge is 0.490 e. The molecule has 1 fully saturated rings. The van der Waals surface area contributed by atoms with E-state index in [1.807, 2.05) is 31.2 Å². The number of hydrogen-bond donors (Lipinski definition) is 0. The summed E-state index contributed by atoms with van der Waals surface area (Å²) in [5.41, 5.74) is 1.53.